The quantitative estimate of drug-likeness (QED) is 0.705. The molecular formula is C25H26F3N3O2S. The fraction of sp³-hybridized carbons (Fsp3) is 0.480. The van der Waals surface area contributed by atoms with Crippen LogP contribution in [0.25, 0.3) is 10.1 Å². The Labute approximate surface area is 199 Å². The lowest BCUT2D eigenvalue weighted by Crippen LogP contribution is -2.70. The number of hydrogen-bond donors (Lipinski definition) is 1. The predicted octanol–water partition coefficient (Wildman–Crippen LogP) is 4.01. The molecule has 5 nitrogen and oxygen atoms in total. The number of halogens is 3. The van der Waals surface area contributed by atoms with Gasteiger partial charge in [0.25, 0.3) is 5.91 Å². The Hall–Kier alpha value is -2.20. The van der Waals surface area contributed by atoms with Gasteiger partial charge in [-0.05, 0) is 41.5 Å². The molecule has 34 heavy (non-hydrogen) atoms. The zero-order valence-corrected chi connectivity index (χ0v) is 19.6. The van der Waals surface area contributed by atoms with Gasteiger partial charge in [0.1, 0.15) is 6.23 Å². The number of likely N-dealkylation sites (tertiary alicyclic amines) is 2. The topological polar surface area (TPSA) is 47.0 Å². The number of alkyl halides is 3. The van der Waals surface area contributed by atoms with Gasteiger partial charge >= 0.3 is 6.18 Å². The SMILES string of the molecule is CC1CC=CC2=C1CN(C1CN(C3CN(C(O)c4cc5ccc(C(F)(F)F)cc5s4)C3)C1)C2=O. The molecule has 0 radical (unpaired) electrons. The van der Waals surface area contributed by atoms with E-state index in [0.29, 0.717) is 40.0 Å². The molecule has 1 amide bonds. The lowest BCUT2D eigenvalue weighted by atomic mass is 9.90. The van der Waals surface area contributed by atoms with Crippen molar-refractivity contribution in [2.24, 2.45) is 5.92 Å². The number of carbonyl (C=O) groups is 1. The first kappa shape index (κ1) is 22.3. The fourth-order valence-electron chi connectivity index (χ4n) is 5.50. The summed E-state index contributed by atoms with van der Waals surface area (Å²) >= 11 is 1.21. The third-order valence-corrected chi connectivity index (χ3v) is 8.89. The fourth-order valence-corrected chi connectivity index (χ4v) is 6.62. The lowest BCUT2D eigenvalue weighted by Gasteiger charge is -2.54. The largest absolute Gasteiger partial charge is 0.416 e. The number of allylic oxidation sites excluding steroid dienone is 1. The number of thiophene rings is 1. The van der Waals surface area contributed by atoms with Crippen molar-refractivity contribution < 1.29 is 23.1 Å². The molecule has 4 heterocycles. The maximum Gasteiger partial charge on any atom is 0.416 e. The number of carbonyl (C=O) groups excluding carboxylic acids is 1. The highest BCUT2D eigenvalue weighted by Gasteiger charge is 2.46. The van der Waals surface area contributed by atoms with Gasteiger partial charge in [-0.1, -0.05) is 25.1 Å². The minimum absolute atomic E-state index is 0.159. The van der Waals surface area contributed by atoms with Crippen LogP contribution in [0.15, 0.2) is 47.6 Å². The van der Waals surface area contributed by atoms with Crippen molar-refractivity contribution in [2.45, 2.75) is 37.8 Å². The van der Waals surface area contributed by atoms with Gasteiger partial charge in [0, 0.05) is 53.9 Å². The second kappa shape index (κ2) is 7.91. The highest BCUT2D eigenvalue weighted by atomic mass is 32.1. The number of rotatable bonds is 4. The molecule has 1 aromatic heterocycles. The van der Waals surface area contributed by atoms with Gasteiger partial charge in [0.15, 0.2) is 0 Å². The first-order chi connectivity index (χ1) is 16.2. The number of hydrogen-bond acceptors (Lipinski definition) is 5. The van der Waals surface area contributed by atoms with Gasteiger partial charge in [0.05, 0.1) is 11.6 Å². The van der Waals surface area contributed by atoms with Crippen molar-refractivity contribution in [1.82, 2.24) is 14.7 Å². The minimum Gasteiger partial charge on any atom is -0.373 e. The summed E-state index contributed by atoms with van der Waals surface area (Å²) in [5, 5.41) is 11.5. The van der Waals surface area contributed by atoms with Gasteiger partial charge in [-0.2, -0.15) is 13.2 Å². The number of amides is 1. The van der Waals surface area contributed by atoms with Gasteiger partial charge in [0.2, 0.25) is 0 Å². The molecule has 0 saturated carbocycles. The molecule has 4 aliphatic rings. The summed E-state index contributed by atoms with van der Waals surface area (Å²) in [5.41, 5.74) is 1.49. The zero-order chi connectivity index (χ0) is 23.8. The van der Waals surface area contributed by atoms with Crippen molar-refractivity contribution >= 4 is 27.3 Å². The molecule has 3 aliphatic heterocycles. The summed E-state index contributed by atoms with van der Waals surface area (Å²) in [6.07, 6.45) is -0.111. The molecule has 1 N–H and O–H groups in total. The average Bonchev–Trinajstić information content (AvgIpc) is 3.30. The van der Waals surface area contributed by atoms with Crippen molar-refractivity contribution in [3.05, 3.63) is 58.0 Å². The van der Waals surface area contributed by atoms with Crippen LogP contribution in [0.3, 0.4) is 0 Å². The van der Waals surface area contributed by atoms with E-state index in [4.69, 9.17) is 0 Å². The summed E-state index contributed by atoms with van der Waals surface area (Å²) in [7, 11) is 0. The van der Waals surface area contributed by atoms with Gasteiger partial charge in [-0.15, -0.1) is 11.3 Å². The Morgan fingerprint density at radius 1 is 1.12 bits per heavy atom. The Kier molecular flexibility index (Phi) is 5.18. The maximum atomic E-state index is 13.0. The molecule has 2 aromatic rings. The lowest BCUT2D eigenvalue weighted by molar-refractivity contribution is -0.138. The Bertz CT molecular complexity index is 1210. The van der Waals surface area contributed by atoms with E-state index >= 15 is 0 Å². The Morgan fingerprint density at radius 3 is 2.59 bits per heavy atom. The highest BCUT2D eigenvalue weighted by molar-refractivity contribution is 7.19. The molecule has 180 valence electrons. The molecule has 0 bridgehead atoms. The van der Waals surface area contributed by atoms with Crippen LogP contribution in [0.1, 0.15) is 30.0 Å². The monoisotopic (exact) mass is 489 g/mol. The van der Waals surface area contributed by atoms with Crippen LogP contribution >= 0.6 is 11.3 Å². The first-order valence-electron chi connectivity index (χ1n) is 11.7. The van der Waals surface area contributed by atoms with E-state index in [2.05, 4.69) is 17.9 Å². The van der Waals surface area contributed by atoms with E-state index in [1.807, 2.05) is 15.9 Å². The molecule has 1 aromatic carbocycles. The average molecular weight is 490 g/mol. The van der Waals surface area contributed by atoms with E-state index in [0.717, 1.165) is 43.8 Å². The standard InChI is InChI=1S/C25H26F3N3O2S/c1-14-3-2-4-19-20(14)13-31(23(19)32)18-11-29(12-18)17-9-30(10-17)24(33)22-7-15-5-6-16(25(26,27)28)8-21(15)34-22/h2,4-8,14,17-18,24,33H,3,9-13H2,1H3. The van der Waals surface area contributed by atoms with Crippen LogP contribution < -0.4 is 0 Å². The van der Waals surface area contributed by atoms with Gasteiger partial charge in [-0.25, -0.2) is 0 Å². The number of aliphatic hydroxyl groups excluding tert-OH is 1. The maximum absolute atomic E-state index is 13.0. The highest BCUT2D eigenvalue weighted by Crippen LogP contribution is 2.39. The van der Waals surface area contributed by atoms with Crippen LogP contribution in [-0.4, -0.2) is 70.5 Å². The van der Waals surface area contributed by atoms with E-state index in [-0.39, 0.29) is 11.9 Å². The Balaban J connectivity index is 1.03. The summed E-state index contributed by atoms with van der Waals surface area (Å²) in [4.78, 5) is 19.8. The molecule has 6 rings (SSSR count). The van der Waals surface area contributed by atoms with Crippen LogP contribution in [0.4, 0.5) is 13.2 Å². The molecule has 2 fully saturated rings. The van der Waals surface area contributed by atoms with Crippen molar-refractivity contribution in [3.8, 4) is 0 Å². The molecule has 0 spiro atoms. The normalized spacial score (nSPS) is 25.7. The second-order valence-corrected chi connectivity index (χ2v) is 11.0. The van der Waals surface area contributed by atoms with Crippen LogP contribution in [0.5, 0.6) is 0 Å². The third-order valence-electron chi connectivity index (χ3n) is 7.75. The number of aliphatic hydroxyl groups is 1. The molecule has 2 saturated heterocycles. The second-order valence-electron chi connectivity index (χ2n) is 9.90. The van der Waals surface area contributed by atoms with Gasteiger partial charge < -0.3 is 10.0 Å². The van der Waals surface area contributed by atoms with E-state index < -0.39 is 18.0 Å². The number of nitrogens with zero attached hydrogens (tertiary/aromatic N) is 3. The minimum atomic E-state index is -4.37. The zero-order valence-electron chi connectivity index (χ0n) is 18.8. The third kappa shape index (κ3) is 3.61. The molecule has 2 atom stereocenters. The molecular weight excluding hydrogens is 463 g/mol. The van der Waals surface area contributed by atoms with E-state index in [1.165, 1.54) is 23.0 Å². The number of benzene rings is 1. The summed E-state index contributed by atoms with van der Waals surface area (Å²) in [6, 6.07) is 6.05. The molecule has 1 aliphatic carbocycles. The smallest absolute Gasteiger partial charge is 0.373 e. The van der Waals surface area contributed by atoms with E-state index in [9.17, 15) is 23.1 Å². The summed E-state index contributed by atoms with van der Waals surface area (Å²) in [6.45, 7) is 6.04. The molecule has 9 heteroatoms. The van der Waals surface area contributed by atoms with E-state index in [1.54, 1.807) is 6.07 Å². The van der Waals surface area contributed by atoms with Crippen LogP contribution in [0, 0.1) is 5.92 Å². The van der Waals surface area contributed by atoms with Crippen LogP contribution in [0.2, 0.25) is 0 Å². The van der Waals surface area contributed by atoms with Crippen molar-refractivity contribution in [3.63, 3.8) is 0 Å². The molecule has 2 unspecified atom stereocenters. The van der Waals surface area contributed by atoms with Crippen molar-refractivity contribution in [1.29, 1.82) is 0 Å². The summed E-state index contributed by atoms with van der Waals surface area (Å²) < 4.78 is 39.5. The Morgan fingerprint density at radius 2 is 1.88 bits per heavy atom. The summed E-state index contributed by atoms with van der Waals surface area (Å²) in [5.74, 6) is 0.590. The van der Waals surface area contributed by atoms with Crippen molar-refractivity contribution in [2.75, 3.05) is 32.7 Å². The van der Waals surface area contributed by atoms with Gasteiger partial charge in [-0.3, -0.25) is 14.6 Å². The number of fused-ring (bicyclic) bond motifs is 1. The first-order valence-corrected chi connectivity index (χ1v) is 12.5. The van der Waals surface area contributed by atoms with Crippen LogP contribution in [-0.2, 0) is 11.0 Å². The predicted molar refractivity (Wildman–Crippen MR) is 124 cm³/mol.